The van der Waals surface area contributed by atoms with E-state index in [4.69, 9.17) is 10.2 Å². The number of aliphatic carboxylic acids is 2. The van der Waals surface area contributed by atoms with Crippen LogP contribution in [-0.4, -0.2) is 40.6 Å². The van der Waals surface area contributed by atoms with Crippen molar-refractivity contribution in [3.63, 3.8) is 0 Å². The molecule has 0 aromatic carbocycles. The van der Waals surface area contributed by atoms with E-state index in [0.29, 0.717) is 0 Å². The Kier molecular flexibility index (Phi) is 6.58. The van der Waals surface area contributed by atoms with Crippen molar-refractivity contribution in [2.75, 3.05) is 6.67 Å². The number of carboxylic acid groups (broad SMARTS) is 2. The minimum absolute atomic E-state index is 0.0282. The van der Waals surface area contributed by atoms with E-state index in [1.807, 2.05) is 0 Å². The highest BCUT2D eigenvalue weighted by Gasteiger charge is 2.08. The Morgan fingerprint density at radius 1 is 0.842 bits per heavy atom. The molecule has 0 saturated carbocycles. The van der Waals surface area contributed by atoms with Gasteiger partial charge in [-0.3, -0.25) is 9.59 Å². The maximum absolute atomic E-state index is 11.3. The number of rotatable bonds is 6. The van der Waals surface area contributed by atoms with E-state index in [1.165, 1.54) is 13.8 Å². The molecule has 0 unspecified atom stereocenters. The summed E-state index contributed by atoms with van der Waals surface area (Å²) in [5.41, 5.74) is -0.0564. The lowest BCUT2D eigenvalue weighted by atomic mass is 10.2. The van der Waals surface area contributed by atoms with Gasteiger partial charge in [-0.25, -0.2) is 9.59 Å². The average Bonchev–Trinajstić information content (AvgIpc) is 2.26. The molecule has 0 spiro atoms. The molecule has 0 radical (unpaired) electrons. The van der Waals surface area contributed by atoms with Gasteiger partial charge in [0.15, 0.2) is 0 Å². The van der Waals surface area contributed by atoms with Crippen molar-refractivity contribution < 1.29 is 29.4 Å². The van der Waals surface area contributed by atoms with Crippen LogP contribution in [0.5, 0.6) is 0 Å². The third-order valence-corrected chi connectivity index (χ3v) is 1.89. The van der Waals surface area contributed by atoms with Crippen LogP contribution in [0.4, 0.5) is 0 Å². The minimum Gasteiger partial charge on any atom is -0.478 e. The van der Waals surface area contributed by atoms with Crippen LogP contribution in [-0.2, 0) is 19.2 Å². The minimum atomic E-state index is -1.25. The van der Waals surface area contributed by atoms with Crippen LogP contribution in [0.2, 0.25) is 0 Å². The highest BCUT2D eigenvalue weighted by Crippen LogP contribution is 1.93. The maximum Gasteiger partial charge on any atom is 0.328 e. The summed E-state index contributed by atoms with van der Waals surface area (Å²) in [6.45, 7) is 2.37. The van der Waals surface area contributed by atoms with Crippen LogP contribution in [0.15, 0.2) is 23.3 Å². The molecule has 104 valence electrons. The Morgan fingerprint density at radius 3 is 1.42 bits per heavy atom. The maximum atomic E-state index is 11.3. The van der Waals surface area contributed by atoms with Crippen LogP contribution >= 0.6 is 0 Å². The van der Waals surface area contributed by atoms with E-state index >= 15 is 0 Å². The van der Waals surface area contributed by atoms with Crippen molar-refractivity contribution in [2.24, 2.45) is 0 Å². The number of hydrogen-bond donors (Lipinski definition) is 4. The number of hydrogen-bond acceptors (Lipinski definition) is 4. The van der Waals surface area contributed by atoms with Crippen molar-refractivity contribution in [3.8, 4) is 0 Å². The van der Waals surface area contributed by atoms with E-state index in [1.54, 1.807) is 0 Å². The van der Waals surface area contributed by atoms with Crippen LogP contribution in [0.3, 0.4) is 0 Å². The van der Waals surface area contributed by atoms with Crippen molar-refractivity contribution in [3.05, 3.63) is 23.3 Å². The van der Waals surface area contributed by atoms with Gasteiger partial charge in [-0.1, -0.05) is 0 Å². The topological polar surface area (TPSA) is 133 Å². The molecule has 0 atom stereocenters. The summed E-state index contributed by atoms with van der Waals surface area (Å²) in [4.78, 5) is 43.2. The zero-order valence-electron chi connectivity index (χ0n) is 10.4. The molecular formula is C11H14N2O6. The third kappa shape index (κ3) is 7.31. The lowest BCUT2D eigenvalue weighted by Crippen LogP contribution is -2.38. The second-order valence-electron chi connectivity index (χ2n) is 3.52. The van der Waals surface area contributed by atoms with Gasteiger partial charge in [0.25, 0.3) is 0 Å². The van der Waals surface area contributed by atoms with Gasteiger partial charge >= 0.3 is 11.9 Å². The van der Waals surface area contributed by atoms with E-state index in [-0.39, 0.29) is 17.8 Å². The summed E-state index contributed by atoms with van der Waals surface area (Å²) in [6, 6.07) is 0. The fourth-order valence-electron chi connectivity index (χ4n) is 0.985. The fraction of sp³-hybridized carbons (Fsp3) is 0.273. The van der Waals surface area contributed by atoms with Crippen molar-refractivity contribution >= 4 is 23.8 Å². The molecule has 0 saturated heterocycles. The molecule has 0 bridgehead atoms. The summed E-state index contributed by atoms with van der Waals surface area (Å²) < 4.78 is 0. The molecule has 8 heteroatoms. The van der Waals surface area contributed by atoms with Crippen LogP contribution < -0.4 is 10.6 Å². The van der Waals surface area contributed by atoms with E-state index in [2.05, 4.69) is 10.6 Å². The SMILES string of the molecule is C/C(=C/C(=O)O)C(=O)NCNC(=O)/C(C)=C\C(=O)O. The van der Waals surface area contributed by atoms with Gasteiger partial charge in [0.1, 0.15) is 0 Å². The summed E-state index contributed by atoms with van der Waals surface area (Å²) in [7, 11) is 0. The highest BCUT2D eigenvalue weighted by atomic mass is 16.4. The first kappa shape index (κ1) is 16.4. The largest absolute Gasteiger partial charge is 0.478 e. The molecule has 0 aliphatic rings. The lowest BCUT2D eigenvalue weighted by Gasteiger charge is -2.07. The summed E-state index contributed by atoms with van der Waals surface area (Å²) in [5, 5.41) is 21.3. The smallest absolute Gasteiger partial charge is 0.328 e. The number of carbonyl (C=O) groups excluding carboxylic acids is 2. The second-order valence-corrected chi connectivity index (χ2v) is 3.52. The second kappa shape index (κ2) is 7.64. The van der Waals surface area contributed by atoms with Gasteiger partial charge in [0, 0.05) is 23.3 Å². The molecule has 0 fully saturated rings. The predicted molar refractivity (Wildman–Crippen MR) is 63.9 cm³/mol. The Labute approximate surface area is 108 Å². The molecule has 0 heterocycles. The van der Waals surface area contributed by atoms with Gasteiger partial charge in [0.05, 0.1) is 6.67 Å². The van der Waals surface area contributed by atoms with E-state index < -0.39 is 23.8 Å². The van der Waals surface area contributed by atoms with Crippen molar-refractivity contribution in [2.45, 2.75) is 13.8 Å². The number of carbonyl (C=O) groups is 4. The molecule has 0 aromatic heterocycles. The molecule has 0 aliphatic carbocycles. The zero-order chi connectivity index (χ0) is 15.0. The Bertz CT molecular complexity index is 422. The summed E-state index contributed by atoms with van der Waals surface area (Å²) in [6.07, 6.45) is 1.46. The van der Waals surface area contributed by atoms with Gasteiger partial charge in [-0.15, -0.1) is 0 Å². The number of nitrogens with one attached hydrogen (secondary N) is 2. The predicted octanol–water partition coefficient (Wildman–Crippen LogP) is -0.762. The Hall–Kier alpha value is -2.64. The Balaban J connectivity index is 4.25. The first-order valence-electron chi connectivity index (χ1n) is 5.13. The van der Waals surface area contributed by atoms with Gasteiger partial charge < -0.3 is 20.8 Å². The fourth-order valence-corrected chi connectivity index (χ4v) is 0.985. The summed E-state index contributed by atoms with van der Waals surface area (Å²) >= 11 is 0. The van der Waals surface area contributed by atoms with Crippen LogP contribution in [0.25, 0.3) is 0 Å². The van der Waals surface area contributed by atoms with Crippen molar-refractivity contribution in [1.29, 1.82) is 0 Å². The average molecular weight is 270 g/mol. The molecule has 0 aromatic rings. The molecule has 4 N–H and O–H groups in total. The van der Waals surface area contributed by atoms with Crippen LogP contribution in [0.1, 0.15) is 13.8 Å². The van der Waals surface area contributed by atoms with Gasteiger partial charge in [0.2, 0.25) is 11.8 Å². The normalized spacial score (nSPS) is 11.7. The van der Waals surface area contributed by atoms with Crippen molar-refractivity contribution in [1.82, 2.24) is 10.6 Å². The monoisotopic (exact) mass is 270 g/mol. The molecule has 0 rings (SSSR count). The zero-order valence-corrected chi connectivity index (χ0v) is 10.4. The molecule has 0 aliphatic heterocycles. The molecule has 19 heavy (non-hydrogen) atoms. The lowest BCUT2D eigenvalue weighted by molar-refractivity contribution is -0.132. The number of carboxylic acids is 2. The first-order chi connectivity index (χ1) is 8.73. The molecule has 2 amide bonds. The molecular weight excluding hydrogens is 256 g/mol. The third-order valence-electron chi connectivity index (χ3n) is 1.89. The van der Waals surface area contributed by atoms with Gasteiger partial charge in [-0.2, -0.15) is 0 Å². The molecule has 8 nitrogen and oxygen atoms in total. The first-order valence-corrected chi connectivity index (χ1v) is 5.13. The quantitative estimate of drug-likeness (QED) is 0.370. The van der Waals surface area contributed by atoms with E-state index in [0.717, 1.165) is 12.2 Å². The Morgan fingerprint density at radius 2 is 1.16 bits per heavy atom. The standard InChI is InChI=1S/C11H14N2O6/c1-6(3-8(14)15)10(18)12-5-13-11(19)7(2)4-9(16)17/h3-4H,5H2,1-2H3,(H,12,18)(H,13,19)(H,14,15)(H,16,17)/b6-3-,7-4-. The van der Waals surface area contributed by atoms with Crippen LogP contribution in [0, 0.1) is 0 Å². The summed E-state index contributed by atoms with van der Waals surface area (Å²) in [5.74, 6) is -3.81. The van der Waals surface area contributed by atoms with E-state index in [9.17, 15) is 19.2 Å². The number of amides is 2. The highest BCUT2D eigenvalue weighted by molar-refractivity contribution is 6.00. The van der Waals surface area contributed by atoms with Gasteiger partial charge in [-0.05, 0) is 13.8 Å².